The molecule has 6 heteroatoms. The fraction of sp³-hybridized carbons (Fsp3) is 0.235. The van der Waals surface area contributed by atoms with Gasteiger partial charge in [-0.2, -0.15) is 0 Å². The summed E-state index contributed by atoms with van der Waals surface area (Å²) < 4.78 is 7.32. The molecule has 0 spiro atoms. The molecular weight excluding hydrogens is 290 g/mol. The number of fused-ring (bicyclic) bond motifs is 3. The van der Waals surface area contributed by atoms with Crippen LogP contribution in [-0.2, 0) is 6.42 Å². The molecule has 0 aliphatic carbocycles. The van der Waals surface area contributed by atoms with Crippen molar-refractivity contribution >= 4 is 17.6 Å². The SMILES string of the molecule is CN=CC1=C(N)c2cc(OC)ccc2-n2cnc(C(C)=N)c2C1. The minimum absolute atomic E-state index is 0.432. The Hall–Kier alpha value is -2.89. The lowest BCUT2D eigenvalue weighted by atomic mass is 10.0. The Labute approximate surface area is 134 Å². The van der Waals surface area contributed by atoms with Gasteiger partial charge in [-0.1, -0.05) is 0 Å². The number of nitrogens with one attached hydrogen (secondary N) is 1. The van der Waals surface area contributed by atoms with E-state index < -0.39 is 0 Å². The molecule has 0 fully saturated rings. The summed E-state index contributed by atoms with van der Waals surface area (Å²) in [6.07, 6.45) is 4.09. The van der Waals surface area contributed by atoms with Gasteiger partial charge < -0.3 is 20.4 Å². The van der Waals surface area contributed by atoms with E-state index in [9.17, 15) is 0 Å². The van der Waals surface area contributed by atoms with E-state index in [1.165, 1.54) is 0 Å². The fourth-order valence-electron chi connectivity index (χ4n) is 2.85. The number of nitrogens with zero attached hydrogens (tertiary/aromatic N) is 3. The summed E-state index contributed by atoms with van der Waals surface area (Å²) in [4.78, 5) is 8.52. The van der Waals surface area contributed by atoms with Crippen molar-refractivity contribution in [2.45, 2.75) is 13.3 Å². The fourth-order valence-corrected chi connectivity index (χ4v) is 2.85. The van der Waals surface area contributed by atoms with Crippen molar-refractivity contribution in [2.75, 3.05) is 14.2 Å². The van der Waals surface area contributed by atoms with Crippen LogP contribution < -0.4 is 10.5 Å². The Kier molecular flexibility index (Phi) is 3.73. The number of benzene rings is 1. The van der Waals surface area contributed by atoms with Crippen LogP contribution in [0.1, 0.15) is 23.9 Å². The number of hydrogen-bond donors (Lipinski definition) is 2. The van der Waals surface area contributed by atoms with Crippen molar-refractivity contribution in [3.63, 3.8) is 0 Å². The highest BCUT2D eigenvalue weighted by atomic mass is 16.5. The molecule has 0 saturated heterocycles. The van der Waals surface area contributed by atoms with Gasteiger partial charge in [0.25, 0.3) is 0 Å². The van der Waals surface area contributed by atoms with Gasteiger partial charge in [0.1, 0.15) is 17.8 Å². The molecule has 6 nitrogen and oxygen atoms in total. The minimum atomic E-state index is 0.432. The molecule has 23 heavy (non-hydrogen) atoms. The zero-order valence-corrected chi connectivity index (χ0v) is 13.4. The standard InChI is InChI=1S/C17H19N5O/c1-10(18)17-15-6-11(8-20-2)16(19)13-7-12(23-3)4-5-14(13)22(15)9-21-17/h4-5,7-9,18H,6,19H2,1-3H3. The molecule has 0 amide bonds. The van der Waals surface area contributed by atoms with Crippen LogP contribution in [0.25, 0.3) is 11.4 Å². The molecule has 0 unspecified atom stereocenters. The highest BCUT2D eigenvalue weighted by molar-refractivity contribution is 5.98. The lowest BCUT2D eigenvalue weighted by molar-refractivity contribution is 0.414. The minimum Gasteiger partial charge on any atom is -0.497 e. The smallest absolute Gasteiger partial charge is 0.119 e. The van der Waals surface area contributed by atoms with Gasteiger partial charge in [0.2, 0.25) is 0 Å². The normalized spacial score (nSPS) is 13.7. The predicted octanol–water partition coefficient (Wildman–Crippen LogP) is 2.20. The van der Waals surface area contributed by atoms with Crippen molar-refractivity contribution in [2.24, 2.45) is 10.7 Å². The van der Waals surface area contributed by atoms with E-state index >= 15 is 0 Å². The van der Waals surface area contributed by atoms with Crippen LogP contribution in [0.2, 0.25) is 0 Å². The van der Waals surface area contributed by atoms with E-state index in [0.29, 0.717) is 23.5 Å². The topological polar surface area (TPSA) is 89.3 Å². The number of ether oxygens (including phenoxy) is 1. The van der Waals surface area contributed by atoms with Crippen molar-refractivity contribution in [3.05, 3.63) is 47.1 Å². The van der Waals surface area contributed by atoms with Crippen LogP contribution in [0.5, 0.6) is 5.75 Å². The molecule has 118 valence electrons. The van der Waals surface area contributed by atoms with E-state index in [0.717, 1.165) is 28.3 Å². The first-order chi connectivity index (χ1) is 11.1. The third-order valence-corrected chi connectivity index (χ3v) is 3.96. The number of methoxy groups -OCH3 is 1. The van der Waals surface area contributed by atoms with Crippen molar-refractivity contribution < 1.29 is 4.74 Å². The number of aromatic nitrogens is 2. The number of nitrogens with two attached hydrogens (primary N) is 1. The first kappa shape index (κ1) is 15.0. The molecular formula is C17H19N5O. The van der Waals surface area contributed by atoms with Gasteiger partial charge >= 0.3 is 0 Å². The Bertz CT molecular complexity index is 845. The average Bonchev–Trinajstić information content (AvgIpc) is 2.92. The first-order valence-electron chi connectivity index (χ1n) is 7.28. The molecule has 1 aliphatic heterocycles. The monoisotopic (exact) mass is 309 g/mol. The molecule has 1 aromatic heterocycles. The van der Waals surface area contributed by atoms with Gasteiger partial charge in [0.05, 0.1) is 24.2 Å². The summed E-state index contributed by atoms with van der Waals surface area (Å²) in [6.45, 7) is 1.74. The van der Waals surface area contributed by atoms with Crippen LogP contribution in [0.15, 0.2) is 35.1 Å². The summed E-state index contributed by atoms with van der Waals surface area (Å²) in [5.41, 5.74) is 11.9. The van der Waals surface area contributed by atoms with Crippen LogP contribution >= 0.6 is 0 Å². The van der Waals surface area contributed by atoms with Gasteiger partial charge in [-0.3, -0.25) is 4.99 Å². The number of allylic oxidation sites excluding steroid dienone is 1. The molecule has 0 atom stereocenters. The van der Waals surface area contributed by atoms with Crippen LogP contribution in [0, 0.1) is 5.41 Å². The molecule has 3 N–H and O–H groups in total. The second kappa shape index (κ2) is 5.72. The molecule has 2 aromatic rings. The van der Waals surface area contributed by atoms with Crippen molar-refractivity contribution in [3.8, 4) is 11.4 Å². The summed E-state index contributed by atoms with van der Waals surface area (Å²) in [7, 11) is 3.35. The van der Waals surface area contributed by atoms with E-state index in [1.54, 1.807) is 33.6 Å². The van der Waals surface area contributed by atoms with Gasteiger partial charge in [-0.15, -0.1) is 0 Å². The van der Waals surface area contributed by atoms with Gasteiger partial charge in [0, 0.05) is 30.9 Å². The Morgan fingerprint density at radius 2 is 2.26 bits per heavy atom. The summed E-state index contributed by atoms with van der Waals surface area (Å²) in [5.74, 6) is 0.742. The number of imidazole rings is 1. The second-order valence-corrected chi connectivity index (χ2v) is 5.42. The zero-order valence-electron chi connectivity index (χ0n) is 13.4. The van der Waals surface area contributed by atoms with Crippen molar-refractivity contribution in [1.82, 2.24) is 9.55 Å². The molecule has 1 aromatic carbocycles. The zero-order chi connectivity index (χ0) is 16.6. The van der Waals surface area contributed by atoms with E-state index in [-0.39, 0.29) is 0 Å². The molecule has 2 heterocycles. The molecule has 0 bridgehead atoms. The van der Waals surface area contributed by atoms with Crippen LogP contribution in [0.3, 0.4) is 0 Å². The molecule has 0 radical (unpaired) electrons. The quantitative estimate of drug-likeness (QED) is 0.852. The molecule has 3 rings (SSSR count). The third-order valence-electron chi connectivity index (χ3n) is 3.96. The first-order valence-corrected chi connectivity index (χ1v) is 7.28. The summed E-state index contributed by atoms with van der Waals surface area (Å²) >= 11 is 0. The summed E-state index contributed by atoms with van der Waals surface area (Å²) in [5, 5.41) is 7.95. The van der Waals surface area contributed by atoms with E-state index in [1.807, 2.05) is 22.8 Å². The molecule has 0 saturated carbocycles. The predicted molar refractivity (Wildman–Crippen MR) is 91.8 cm³/mol. The van der Waals surface area contributed by atoms with Crippen LogP contribution in [-0.4, -0.2) is 35.6 Å². The second-order valence-electron chi connectivity index (χ2n) is 5.42. The third kappa shape index (κ3) is 2.42. The van der Waals surface area contributed by atoms with Crippen molar-refractivity contribution in [1.29, 1.82) is 5.41 Å². The molecule has 1 aliphatic rings. The largest absolute Gasteiger partial charge is 0.497 e. The Morgan fingerprint density at radius 3 is 2.91 bits per heavy atom. The Morgan fingerprint density at radius 1 is 1.48 bits per heavy atom. The van der Waals surface area contributed by atoms with Crippen LogP contribution in [0.4, 0.5) is 0 Å². The van der Waals surface area contributed by atoms with Gasteiger partial charge in [-0.25, -0.2) is 4.98 Å². The highest BCUT2D eigenvalue weighted by Gasteiger charge is 2.23. The van der Waals surface area contributed by atoms with E-state index in [4.69, 9.17) is 15.9 Å². The lowest BCUT2D eigenvalue weighted by Gasteiger charge is -2.12. The highest BCUT2D eigenvalue weighted by Crippen LogP contribution is 2.32. The maximum Gasteiger partial charge on any atom is 0.119 e. The maximum atomic E-state index is 7.95. The Balaban J connectivity index is 2.34. The maximum absolute atomic E-state index is 7.95. The summed E-state index contributed by atoms with van der Waals surface area (Å²) in [6, 6.07) is 5.77. The number of hydrogen-bond acceptors (Lipinski definition) is 5. The van der Waals surface area contributed by atoms with Gasteiger partial charge in [0.15, 0.2) is 0 Å². The number of aliphatic imine (C=N–C) groups is 1. The lowest BCUT2D eigenvalue weighted by Crippen LogP contribution is -2.06. The average molecular weight is 309 g/mol. The van der Waals surface area contributed by atoms with Gasteiger partial charge in [-0.05, 0) is 30.7 Å². The van der Waals surface area contributed by atoms with E-state index in [2.05, 4.69) is 9.98 Å². The number of rotatable bonds is 3.